The molecule has 4 rings (SSSR count). The van der Waals surface area contributed by atoms with Crippen LogP contribution in [0.3, 0.4) is 0 Å². The minimum Gasteiger partial charge on any atom is -0.490 e. The Bertz CT molecular complexity index is 879. The summed E-state index contributed by atoms with van der Waals surface area (Å²) in [5.41, 5.74) is 4.78. The Morgan fingerprint density at radius 2 is 1.93 bits per heavy atom. The van der Waals surface area contributed by atoms with E-state index in [0.717, 1.165) is 61.8 Å². The van der Waals surface area contributed by atoms with Gasteiger partial charge in [-0.1, -0.05) is 19.9 Å². The second kappa shape index (κ2) is 8.42. The van der Waals surface area contributed by atoms with E-state index >= 15 is 0 Å². The summed E-state index contributed by atoms with van der Waals surface area (Å²) < 4.78 is 11.7. The van der Waals surface area contributed by atoms with Gasteiger partial charge in [0.15, 0.2) is 0 Å². The van der Waals surface area contributed by atoms with Crippen LogP contribution in [0.2, 0.25) is 0 Å². The minimum atomic E-state index is 0.193. The Labute approximate surface area is 179 Å². The molecule has 0 aromatic heterocycles. The van der Waals surface area contributed by atoms with Crippen molar-refractivity contribution in [1.29, 1.82) is 5.41 Å². The Hall–Kier alpha value is -2.34. The molecule has 6 heteroatoms. The van der Waals surface area contributed by atoms with E-state index in [4.69, 9.17) is 19.9 Å². The lowest BCUT2D eigenvalue weighted by Crippen LogP contribution is -2.44. The Morgan fingerprint density at radius 3 is 2.63 bits per heavy atom. The van der Waals surface area contributed by atoms with Gasteiger partial charge in [-0.25, -0.2) is 0 Å². The average Bonchev–Trinajstić information content (AvgIpc) is 3.21. The minimum absolute atomic E-state index is 0.193. The quantitative estimate of drug-likeness (QED) is 0.583. The van der Waals surface area contributed by atoms with E-state index < -0.39 is 0 Å². The van der Waals surface area contributed by atoms with Crippen LogP contribution in [0, 0.1) is 10.8 Å². The molecule has 0 aliphatic carbocycles. The first-order chi connectivity index (χ1) is 14.3. The zero-order valence-electron chi connectivity index (χ0n) is 18.7. The van der Waals surface area contributed by atoms with Crippen molar-refractivity contribution in [1.82, 2.24) is 10.2 Å². The van der Waals surface area contributed by atoms with Crippen LogP contribution >= 0.6 is 0 Å². The predicted molar refractivity (Wildman–Crippen MR) is 120 cm³/mol. The standard InChI is InChI=1S/C24H34N4O2/c1-16(17(2)23-26-14-24(3,4)15-27-23)22(25)28-9-7-20(8-10-28)30-21-6-5-18-12-29-13-19(18)11-21/h5-6,11,20,25H,7-10,12-15H2,1-4H3,(H,26,27)/b17-16-,25-22?. The van der Waals surface area contributed by atoms with Crippen LogP contribution in [-0.4, -0.2) is 48.9 Å². The topological polar surface area (TPSA) is 69.9 Å². The number of aliphatic imine (C=N–C) groups is 1. The van der Waals surface area contributed by atoms with Crippen molar-refractivity contribution in [3.05, 3.63) is 40.5 Å². The van der Waals surface area contributed by atoms with Gasteiger partial charge in [0.1, 0.15) is 23.5 Å². The highest BCUT2D eigenvalue weighted by Crippen LogP contribution is 2.27. The van der Waals surface area contributed by atoms with Gasteiger partial charge in [-0.3, -0.25) is 10.4 Å². The highest BCUT2D eigenvalue weighted by atomic mass is 16.5. The van der Waals surface area contributed by atoms with E-state index in [1.54, 1.807) is 0 Å². The zero-order valence-corrected chi connectivity index (χ0v) is 18.7. The SMILES string of the molecule is C/C(C(=N)N1CCC(Oc2ccc3c(c2)COC3)CC1)=C(\C)C1=NCC(C)(C)CN1. The van der Waals surface area contributed by atoms with Gasteiger partial charge in [-0.15, -0.1) is 0 Å². The fourth-order valence-corrected chi connectivity index (χ4v) is 4.18. The lowest BCUT2D eigenvalue weighted by molar-refractivity contribution is 0.129. The number of ether oxygens (including phenoxy) is 2. The van der Waals surface area contributed by atoms with Crippen molar-refractivity contribution >= 4 is 11.7 Å². The van der Waals surface area contributed by atoms with Crippen molar-refractivity contribution in [2.75, 3.05) is 26.2 Å². The van der Waals surface area contributed by atoms with Crippen molar-refractivity contribution in [2.24, 2.45) is 10.4 Å². The molecule has 3 heterocycles. The van der Waals surface area contributed by atoms with Crippen LogP contribution < -0.4 is 10.1 Å². The van der Waals surface area contributed by atoms with Crippen LogP contribution in [0.25, 0.3) is 0 Å². The molecule has 1 aromatic rings. The summed E-state index contributed by atoms with van der Waals surface area (Å²) in [6.07, 6.45) is 2.05. The molecule has 1 saturated heterocycles. The maximum Gasteiger partial charge on any atom is 0.124 e. The molecule has 3 aliphatic heterocycles. The molecular formula is C24H34N4O2. The van der Waals surface area contributed by atoms with Gasteiger partial charge in [0, 0.05) is 44.4 Å². The first-order valence-electron chi connectivity index (χ1n) is 11.0. The van der Waals surface area contributed by atoms with Gasteiger partial charge in [-0.2, -0.15) is 0 Å². The summed E-state index contributed by atoms with van der Waals surface area (Å²) in [6.45, 7) is 13.4. The smallest absolute Gasteiger partial charge is 0.124 e. The van der Waals surface area contributed by atoms with E-state index in [9.17, 15) is 0 Å². The lowest BCUT2D eigenvalue weighted by atomic mass is 9.91. The van der Waals surface area contributed by atoms with E-state index in [1.807, 2.05) is 6.92 Å². The molecule has 3 aliphatic rings. The number of benzene rings is 1. The normalized spacial score (nSPS) is 22.0. The van der Waals surface area contributed by atoms with Crippen molar-refractivity contribution in [2.45, 2.75) is 59.9 Å². The zero-order chi connectivity index (χ0) is 21.3. The van der Waals surface area contributed by atoms with E-state index in [-0.39, 0.29) is 11.5 Å². The Balaban J connectivity index is 1.33. The van der Waals surface area contributed by atoms with Crippen LogP contribution in [0.5, 0.6) is 5.75 Å². The van der Waals surface area contributed by atoms with Crippen molar-refractivity contribution in [3.8, 4) is 5.75 Å². The summed E-state index contributed by atoms with van der Waals surface area (Å²) >= 11 is 0. The molecule has 0 saturated carbocycles. The molecule has 0 spiro atoms. The van der Waals surface area contributed by atoms with Crippen molar-refractivity contribution in [3.63, 3.8) is 0 Å². The number of fused-ring (bicyclic) bond motifs is 1. The van der Waals surface area contributed by atoms with E-state index in [0.29, 0.717) is 19.0 Å². The molecular weight excluding hydrogens is 376 g/mol. The molecule has 0 amide bonds. The lowest BCUT2D eigenvalue weighted by Gasteiger charge is -2.35. The monoisotopic (exact) mass is 410 g/mol. The highest BCUT2D eigenvalue weighted by Gasteiger charge is 2.26. The van der Waals surface area contributed by atoms with Gasteiger partial charge < -0.3 is 19.7 Å². The third-order valence-corrected chi connectivity index (χ3v) is 6.43. The largest absolute Gasteiger partial charge is 0.490 e. The van der Waals surface area contributed by atoms with E-state index in [1.165, 1.54) is 11.1 Å². The van der Waals surface area contributed by atoms with Crippen molar-refractivity contribution < 1.29 is 9.47 Å². The maximum absolute atomic E-state index is 8.72. The maximum atomic E-state index is 8.72. The molecule has 162 valence electrons. The summed E-state index contributed by atoms with van der Waals surface area (Å²) in [5.74, 6) is 2.48. The van der Waals surface area contributed by atoms with Gasteiger partial charge in [0.2, 0.25) is 0 Å². The van der Waals surface area contributed by atoms with Gasteiger partial charge in [0.05, 0.1) is 13.2 Å². The summed E-state index contributed by atoms with van der Waals surface area (Å²) in [4.78, 5) is 6.89. The molecule has 1 aromatic carbocycles. The first-order valence-corrected chi connectivity index (χ1v) is 11.0. The number of hydrogen-bond donors (Lipinski definition) is 2. The second-order valence-corrected chi connectivity index (χ2v) is 9.51. The third-order valence-electron chi connectivity index (χ3n) is 6.43. The van der Waals surface area contributed by atoms with Gasteiger partial charge in [-0.05, 0) is 48.3 Å². The fourth-order valence-electron chi connectivity index (χ4n) is 4.18. The van der Waals surface area contributed by atoms with Crippen LogP contribution in [-0.2, 0) is 18.0 Å². The Kier molecular flexibility index (Phi) is 5.87. The Morgan fingerprint density at radius 1 is 1.20 bits per heavy atom. The van der Waals surface area contributed by atoms with Crippen LogP contribution in [0.1, 0.15) is 51.7 Å². The molecule has 6 nitrogen and oxygen atoms in total. The number of piperidine rings is 1. The predicted octanol–water partition coefficient (Wildman–Crippen LogP) is 3.90. The van der Waals surface area contributed by atoms with Crippen LogP contribution in [0.4, 0.5) is 0 Å². The first kappa shape index (κ1) is 20.9. The summed E-state index contributed by atoms with van der Waals surface area (Å²) in [7, 11) is 0. The molecule has 2 N–H and O–H groups in total. The molecule has 1 fully saturated rings. The number of nitrogens with zero attached hydrogens (tertiary/aromatic N) is 2. The number of rotatable bonds is 4. The van der Waals surface area contributed by atoms with E-state index in [2.05, 4.69) is 49.2 Å². The van der Waals surface area contributed by atoms with Gasteiger partial charge >= 0.3 is 0 Å². The molecule has 0 radical (unpaired) electrons. The molecule has 30 heavy (non-hydrogen) atoms. The number of likely N-dealkylation sites (tertiary alicyclic amines) is 1. The van der Waals surface area contributed by atoms with Gasteiger partial charge in [0.25, 0.3) is 0 Å². The number of amidine groups is 2. The third kappa shape index (κ3) is 4.53. The van der Waals surface area contributed by atoms with Crippen LogP contribution in [0.15, 0.2) is 34.3 Å². The molecule has 0 bridgehead atoms. The number of hydrogen-bond acceptors (Lipinski definition) is 5. The fraction of sp³-hybridized carbons (Fsp3) is 0.583. The summed E-state index contributed by atoms with van der Waals surface area (Å²) in [6, 6.07) is 6.28. The average molecular weight is 411 g/mol. The highest BCUT2D eigenvalue weighted by molar-refractivity contribution is 6.07. The second-order valence-electron chi connectivity index (χ2n) is 9.51. The molecule has 0 atom stereocenters. The summed E-state index contributed by atoms with van der Waals surface area (Å²) in [5, 5.41) is 12.2. The number of nitrogens with one attached hydrogen (secondary N) is 2. The molecule has 0 unspecified atom stereocenters.